The molecule has 8 nitrogen and oxygen atoms in total. The van der Waals surface area contributed by atoms with Gasteiger partial charge in [-0.15, -0.1) is 0 Å². The number of rotatable bonds is 5. The number of piperidine rings is 1. The fourth-order valence-electron chi connectivity index (χ4n) is 4.33. The topological polar surface area (TPSA) is 109 Å². The van der Waals surface area contributed by atoms with Crippen LogP contribution in [0, 0.1) is 13.8 Å². The molecular weight excluding hydrogens is 360 g/mol. The van der Waals surface area contributed by atoms with Gasteiger partial charge in [0.15, 0.2) is 5.43 Å². The number of likely N-dealkylation sites (tertiary alicyclic amines) is 2. The molecule has 0 radical (unpaired) electrons. The van der Waals surface area contributed by atoms with Crippen LogP contribution in [-0.2, 0) is 20.9 Å². The van der Waals surface area contributed by atoms with E-state index in [9.17, 15) is 14.4 Å². The van der Waals surface area contributed by atoms with Crippen molar-refractivity contribution < 1.29 is 14.3 Å². The van der Waals surface area contributed by atoms with Crippen LogP contribution in [0.1, 0.15) is 42.5 Å². The van der Waals surface area contributed by atoms with Crippen molar-refractivity contribution in [1.29, 1.82) is 0 Å². The van der Waals surface area contributed by atoms with Gasteiger partial charge in [-0.2, -0.15) is 0 Å². The Bertz CT molecular complexity index is 811. The third-order valence-corrected chi connectivity index (χ3v) is 6.28. The van der Waals surface area contributed by atoms with E-state index in [0.717, 1.165) is 17.7 Å². The Kier molecular flexibility index (Phi) is 5.90. The molecule has 2 saturated heterocycles. The quantitative estimate of drug-likeness (QED) is 0.759. The summed E-state index contributed by atoms with van der Waals surface area (Å²) in [4.78, 5) is 44.1. The van der Waals surface area contributed by atoms with Crippen LogP contribution in [0.5, 0.6) is 0 Å². The first-order chi connectivity index (χ1) is 13.3. The highest BCUT2D eigenvalue weighted by molar-refractivity contribution is 5.91. The van der Waals surface area contributed by atoms with Crippen LogP contribution in [0.3, 0.4) is 0 Å². The zero-order valence-electron chi connectivity index (χ0n) is 16.9. The summed E-state index contributed by atoms with van der Waals surface area (Å²) in [7, 11) is 1.56. The fraction of sp³-hybridized carbons (Fsp3) is 0.650. The lowest BCUT2D eigenvalue weighted by Gasteiger charge is -2.42. The second kappa shape index (κ2) is 8.05. The Morgan fingerprint density at radius 1 is 1.29 bits per heavy atom. The molecule has 1 atom stereocenters. The number of hydrogen-bond donors (Lipinski definition) is 2. The number of aromatic amines is 1. The number of carbonyl (C=O) groups is 2. The maximum atomic E-state index is 13.2. The number of ether oxygens (including phenoxy) is 1. The minimum absolute atomic E-state index is 0.0682. The molecule has 3 heterocycles. The maximum absolute atomic E-state index is 13.2. The summed E-state index contributed by atoms with van der Waals surface area (Å²) < 4.78 is 5.71. The molecule has 0 spiro atoms. The predicted octanol–water partition coefficient (Wildman–Crippen LogP) is 0.449. The van der Waals surface area contributed by atoms with Gasteiger partial charge in [-0.3, -0.25) is 19.3 Å². The Balaban J connectivity index is 1.68. The van der Waals surface area contributed by atoms with Crippen LogP contribution in [0.4, 0.5) is 0 Å². The van der Waals surface area contributed by atoms with E-state index >= 15 is 0 Å². The first-order valence-electron chi connectivity index (χ1n) is 9.85. The lowest BCUT2D eigenvalue weighted by atomic mass is 9.89. The number of aryl methyl sites for hydroxylation is 1. The van der Waals surface area contributed by atoms with Gasteiger partial charge in [0, 0.05) is 56.3 Å². The largest absolute Gasteiger partial charge is 0.368 e. The molecule has 0 bridgehead atoms. The summed E-state index contributed by atoms with van der Waals surface area (Å²) in [6, 6.07) is -0.530. The normalized spacial score (nSPS) is 22.4. The van der Waals surface area contributed by atoms with Gasteiger partial charge in [0.1, 0.15) is 11.6 Å². The van der Waals surface area contributed by atoms with Crippen molar-refractivity contribution in [2.45, 2.75) is 57.7 Å². The number of amides is 2. The molecule has 154 valence electrons. The molecule has 0 aliphatic carbocycles. The first kappa shape index (κ1) is 20.5. The number of nitrogens with one attached hydrogen (secondary N) is 1. The molecule has 2 aliphatic heterocycles. The average molecular weight is 390 g/mol. The number of carbonyl (C=O) groups excluding carboxylic acids is 2. The molecule has 1 aromatic heterocycles. The summed E-state index contributed by atoms with van der Waals surface area (Å²) >= 11 is 0. The molecule has 0 unspecified atom stereocenters. The maximum Gasteiger partial charge on any atom is 0.255 e. The van der Waals surface area contributed by atoms with E-state index in [4.69, 9.17) is 10.5 Å². The number of aromatic nitrogens is 1. The summed E-state index contributed by atoms with van der Waals surface area (Å²) in [6.07, 6.45) is 4.23. The van der Waals surface area contributed by atoms with Crippen LogP contribution in [0.25, 0.3) is 0 Å². The van der Waals surface area contributed by atoms with Crippen LogP contribution in [0.2, 0.25) is 0 Å². The first-order valence-corrected chi connectivity index (χ1v) is 9.85. The lowest BCUT2D eigenvalue weighted by molar-refractivity contribution is -0.163. The van der Waals surface area contributed by atoms with Crippen molar-refractivity contribution >= 4 is 11.8 Å². The number of hydrogen-bond acceptors (Lipinski definition) is 5. The van der Waals surface area contributed by atoms with E-state index < -0.39 is 17.6 Å². The zero-order valence-corrected chi connectivity index (χ0v) is 16.9. The molecule has 8 heteroatoms. The van der Waals surface area contributed by atoms with Crippen LogP contribution >= 0.6 is 0 Å². The monoisotopic (exact) mass is 390 g/mol. The summed E-state index contributed by atoms with van der Waals surface area (Å²) in [5.74, 6) is -0.579. The van der Waals surface area contributed by atoms with E-state index in [0.29, 0.717) is 51.0 Å². The van der Waals surface area contributed by atoms with Gasteiger partial charge in [0.2, 0.25) is 5.91 Å². The van der Waals surface area contributed by atoms with Crippen LogP contribution < -0.4 is 11.2 Å². The van der Waals surface area contributed by atoms with E-state index in [1.807, 2.05) is 6.92 Å². The van der Waals surface area contributed by atoms with Crippen LogP contribution in [-0.4, -0.2) is 65.0 Å². The van der Waals surface area contributed by atoms with Crippen molar-refractivity contribution in [3.8, 4) is 0 Å². The minimum Gasteiger partial charge on any atom is -0.368 e. The third kappa shape index (κ3) is 3.71. The van der Waals surface area contributed by atoms with Gasteiger partial charge in [0.25, 0.3) is 5.91 Å². The van der Waals surface area contributed by atoms with Gasteiger partial charge >= 0.3 is 0 Å². The summed E-state index contributed by atoms with van der Waals surface area (Å²) in [6.45, 7) is 6.15. The molecule has 3 rings (SSSR count). The van der Waals surface area contributed by atoms with E-state index in [1.54, 1.807) is 25.1 Å². The van der Waals surface area contributed by atoms with Gasteiger partial charge in [-0.1, -0.05) is 0 Å². The number of pyridine rings is 1. The Morgan fingerprint density at radius 2 is 1.96 bits per heavy atom. The standard InChI is InChI=1S/C20H30N4O4/c1-13-11-22-15(14(2)17(13)25)12-23-9-6-20(28-3,7-10-23)19(27)24-8-4-5-16(24)18(21)26/h11,16H,4-10,12H2,1-3H3,(H2,21,26)(H,22,25)/t16-/m1/s1. The van der Waals surface area contributed by atoms with Gasteiger partial charge < -0.3 is 20.4 Å². The predicted molar refractivity (Wildman–Crippen MR) is 105 cm³/mol. The molecular formula is C20H30N4O4. The lowest BCUT2D eigenvalue weighted by Crippen LogP contribution is -2.58. The van der Waals surface area contributed by atoms with E-state index in [-0.39, 0.29) is 11.3 Å². The second-order valence-corrected chi connectivity index (χ2v) is 7.94. The molecule has 2 amide bonds. The second-order valence-electron chi connectivity index (χ2n) is 7.94. The average Bonchev–Trinajstić information content (AvgIpc) is 3.19. The number of nitrogens with zero attached hydrogens (tertiary/aromatic N) is 2. The Hall–Kier alpha value is -2.19. The highest BCUT2D eigenvalue weighted by Gasteiger charge is 2.47. The molecule has 2 fully saturated rings. The number of methoxy groups -OCH3 is 1. The highest BCUT2D eigenvalue weighted by Crippen LogP contribution is 2.32. The minimum atomic E-state index is -0.912. The molecule has 28 heavy (non-hydrogen) atoms. The SMILES string of the molecule is COC1(C(=O)N2CCC[C@@H]2C(N)=O)CCN(Cc2[nH]cc(C)c(=O)c2C)CC1. The van der Waals surface area contributed by atoms with Crippen molar-refractivity contribution in [1.82, 2.24) is 14.8 Å². The van der Waals surface area contributed by atoms with E-state index in [1.165, 1.54) is 0 Å². The van der Waals surface area contributed by atoms with Crippen molar-refractivity contribution in [3.63, 3.8) is 0 Å². The Labute approximate surface area is 165 Å². The smallest absolute Gasteiger partial charge is 0.255 e. The van der Waals surface area contributed by atoms with Crippen molar-refractivity contribution in [2.24, 2.45) is 5.73 Å². The number of H-pyrrole nitrogens is 1. The number of primary amides is 1. The van der Waals surface area contributed by atoms with Gasteiger partial charge in [-0.25, -0.2) is 0 Å². The Morgan fingerprint density at radius 3 is 2.57 bits per heavy atom. The highest BCUT2D eigenvalue weighted by atomic mass is 16.5. The molecule has 0 saturated carbocycles. The van der Waals surface area contributed by atoms with Crippen molar-refractivity contribution in [2.75, 3.05) is 26.7 Å². The van der Waals surface area contributed by atoms with Gasteiger partial charge in [0.05, 0.1) is 0 Å². The van der Waals surface area contributed by atoms with Crippen molar-refractivity contribution in [3.05, 3.63) is 33.2 Å². The summed E-state index contributed by atoms with van der Waals surface area (Å²) in [5.41, 5.74) is 6.98. The fourth-order valence-corrected chi connectivity index (χ4v) is 4.33. The van der Waals surface area contributed by atoms with E-state index in [2.05, 4.69) is 9.88 Å². The van der Waals surface area contributed by atoms with Crippen LogP contribution in [0.15, 0.2) is 11.0 Å². The molecule has 0 aromatic carbocycles. The summed E-state index contributed by atoms with van der Waals surface area (Å²) in [5, 5.41) is 0. The van der Waals surface area contributed by atoms with Gasteiger partial charge in [-0.05, 0) is 39.5 Å². The number of nitrogens with two attached hydrogens (primary N) is 1. The molecule has 3 N–H and O–H groups in total. The zero-order chi connectivity index (χ0) is 20.5. The molecule has 2 aliphatic rings. The molecule has 1 aromatic rings. The third-order valence-electron chi connectivity index (χ3n) is 6.28.